The zero-order valence-electron chi connectivity index (χ0n) is 19.8. The Kier molecular flexibility index (Phi) is 8.28. The fraction of sp³-hybridized carbons (Fsp3) is 0.160. The lowest BCUT2D eigenvalue weighted by atomic mass is 10.2. The van der Waals surface area contributed by atoms with E-state index >= 15 is 0 Å². The van der Waals surface area contributed by atoms with E-state index in [0.29, 0.717) is 11.3 Å². The highest BCUT2D eigenvalue weighted by atomic mass is 32.2. The lowest BCUT2D eigenvalue weighted by molar-refractivity contribution is -0.129. The number of sulfonamides is 1. The molecular formula is C25H25N3O7S. The van der Waals surface area contributed by atoms with Crippen molar-refractivity contribution in [1.29, 1.82) is 0 Å². The predicted octanol–water partition coefficient (Wildman–Crippen LogP) is 2.81. The maximum Gasteiger partial charge on any atom is 0.338 e. The minimum Gasteiger partial charge on any atom is -0.495 e. The number of methoxy groups -OCH3 is 1. The molecule has 0 heterocycles. The Morgan fingerprint density at radius 3 is 2.17 bits per heavy atom. The van der Waals surface area contributed by atoms with Gasteiger partial charge in [-0.25, -0.2) is 13.2 Å². The van der Waals surface area contributed by atoms with Gasteiger partial charge in [-0.15, -0.1) is 0 Å². The fourth-order valence-electron chi connectivity index (χ4n) is 3.01. The summed E-state index contributed by atoms with van der Waals surface area (Å²) in [6, 6.07) is 18.6. The number of hydrazine groups is 1. The van der Waals surface area contributed by atoms with Crippen molar-refractivity contribution >= 4 is 33.5 Å². The molecule has 0 aliphatic rings. The van der Waals surface area contributed by atoms with E-state index in [0.717, 1.165) is 11.6 Å². The van der Waals surface area contributed by atoms with Gasteiger partial charge in [0, 0.05) is 11.3 Å². The van der Waals surface area contributed by atoms with Crippen molar-refractivity contribution in [2.45, 2.75) is 24.8 Å². The first-order chi connectivity index (χ1) is 17.1. The fourth-order valence-corrected chi connectivity index (χ4v) is 4.26. The number of carbonyl (C=O) groups excluding carboxylic acids is 3. The highest BCUT2D eigenvalue weighted by Crippen LogP contribution is 2.27. The number of hydrogen-bond donors (Lipinski definition) is 3. The number of carbonyl (C=O) groups is 3. The summed E-state index contributed by atoms with van der Waals surface area (Å²) in [6.07, 6.45) is -1.29. The number of anilines is 1. The van der Waals surface area contributed by atoms with Crippen molar-refractivity contribution in [3.8, 4) is 5.75 Å². The van der Waals surface area contributed by atoms with Crippen LogP contribution in [0.3, 0.4) is 0 Å². The number of hydrogen-bond acceptors (Lipinski definition) is 7. The van der Waals surface area contributed by atoms with Crippen molar-refractivity contribution in [3.05, 3.63) is 89.5 Å². The molecule has 0 fully saturated rings. The normalized spacial score (nSPS) is 11.6. The van der Waals surface area contributed by atoms with Gasteiger partial charge >= 0.3 is 5.97 Å². The Bertz CT molecular complexity index is 1360. The van der Waals surface area contributed by atoms with Crippen LogP contribution in [-0.2, 0) is 19.6 Å². The Labute approximate surface area is 208 Å². The minimum atomic E-state index is -4.12. The van der Waals surface area contributed by atoms with E-state index in [4.69, 9.17) is 9.47 Å². The van der Waals surface area contributed by atoms with Crippen LogP contribution in [0.25, 0.3) is 0 Å². The summed E-state index contributed by atoms with van der Waals surface area (Å²) in [6.45, 7) is 3.18. The monoisotopic (exact) mass is 511 g/mol. The SMILES string of the molecule is COc1ccc(C(=O)OC(C)C(=O)NNC(=O)c2ccccc2)cc1S(=O)(=O)Nc1ccc(C)cc1. The summed E-state index contributed by atoms with van der Waals surface area (Å²) in [7, 11) is -2.82. The molecule has 11 heteroatoms. The third kappa shape index (κ3) is 6.60. The molecule has 0 saturated heterocycles. The first-order valence-electron chi connectivity index (χ1n) is 10.7. The molecule has 3 rings (SSSR count). The van der Waals surface area contributed by atoms with Gasteiger partial charge in [0.2, 0.25) is 0 Å². The van der Waals surface area contributed by atoms with Crippen LogP contribution in [0, 0.1) is 6.92 Å². The van der Waals surface area contributed by atoms with E-state index in [1.165, 1.54) is 26.2 Å². The van der Waals surface area contributed by atoms with Crippen LogP contribution < -0.4 is 20.3 Å². The summed E-state index contributed by atoms with van der Waals surface area (Å²) >= 11 is 0. The molecule has 1 unspecified atom stereocenters. The smallest absolute Gasteiger partial charge is 0.338 e. The number of nitrogens with one attached hydrogen (secondary N) is 3. The van der Waals surface area contributed by atoms with Crippen LogP contribution in [0.15, 0.2) is 77.7 Å². The maximum absolute atomic E-state index is 13.0. The Morgan fingerprint density at radius 1 is 0.861 bits per heavy atom. The number of rotatable bonds is 8. The van der Waals surface area contributed by atoms with Crippen molar-refractivity contribution in [2.75, 3.05) is 11.8 Å². The first kappa shape index (κ1) is 26.2. The van der Waals surface area contributed by atoms with Crippen molar-refractivity contribution in [3.63, 3.8) is 0 Å². The topological polar surface area (TPSA) is 140 Å². The second-order valence-electron chi connectivity index (χ2n) is 7.69. The van der Waals surface area contributed by atoms with Crippen LogP contribution in [-0.4, -0.2) is 39.4 Å². The molecule has 0 aromatic heterocycles. The molecule has 3 N–H and O–H groups in total. The molecule has 0 bridgehead atoms. The number of ether oxygens (including phenoxy) is 2. The first-order valence-corrected chi connectivity index (χ1v) is 12.2. The lowest BCUT2D eigenvalue weighted by Crippen LogP contribution is -2.46. The van der Waals surface area contributed by atoms with Crippen LogP contribution in [0.5, 0.6) is 5.75 Å². The van der Waals surface area contributed by atoms with Gasteiger partial charge in [0.15, 0.2) is 6.10 Å². The molecule has 0 aliphatic carbocycles. The summed E-state index contributed by atoms with van der Waals surface area (Å²) in [5.74, 6) is -2.26. The Morgan fingerprint density at radius 2 is 1.53 bits per heavy atom. The summed E-state index contributed by atoms with van der Waals surface area (Å²) < 4.78 is 38.7. The van der Waals surface area contributed by atoms with Crippen molar-refractivity contribution in [2.24, 2.45) is 0 Å². The molecule has 1 atom stereocenters. The average molecular weight is 512 g/mol. The second-order valence-corrected chi connectivity index (χ2v) is 9.34. The highest BCUT2D eigenvalue weighted by Gasteiger charge is 2.25. The van der Waals surface area contributed by atoms with E-state index in [-0.39, 0.29) is 16.2 Å². The molecule has 3 aromatic carbocycles. The van der Waals surface area contributed by atoms with E-state index in [9.17, 15) is 22.8 Å². The van der Waals surface area contributed by atoms with Gasteiger partial charge in [0.05, 0.1) is 12.7 Å². The molecule has 0 spiro atoms. The van der Waals surface area contributed by atoms with Crippen molar-refractivity contribution < 1.29 is 32.3 Å². The van der Waals surface area contributed by atoms with Gasteiger partial charge in [-0.3, -0.25) is 25.2 Å². The molecule has 0 radical (unpaired) electrons. The van der Waals surface area contributed by atoms with E-state index in [1.54, 1.807) is 54.6 Å². The maximum atomic E-state index is 13.0. The number of benzene rings is 3. The van der Waals surface area contributed by atoms with Crippen LogP contribution >= 0.6 is 0 Å². The van der Waals surface area contributed by atoms with Gasteiger partial charge < -0.3 is 9.47 Å². The summed E-state index contributed by atoms with van der Waals surface area (Å²) in [5.41, 5.74) is 5.91. The Hall–Kier alpha value is -4.38. The third-order valence-electron chi connectivity index (χ3n) is 4.98. The molecule has 10 nitrogen and oxygen atoms in total. The van der Waals surface area contributed by atoms with Crippen LogP contribution in [0.4, 0.5) is 5.69 Å². The van der Waals surface area contributed by atoms with Gasteiger partial charge in [-0.05, 0) is 56.3 Å². The third-order valence-corrected chi connectivity index (χ3v) is 6.38. The van der Waals surface area contributed by atoms with E-state index in [1.807, 2.05) is 6.92 Å². The van der Waals surface area contributed by atoms with Gasteiger partial charge in [-0.2, -0.15) is 0 Å². The number of amides is 2. The number of aryl methyl sites for hydroxylation is 1. The zero-order valence-corrected chi connectivity index (χ0v) is 20.6. The Balaban J connectivity index is 1.69. The molecule has 188 valence electrons. The van der Waals surface area contributed by atoms with E-state index in [2.05, 4.69) is 15.6 Å². The van der Waals surface area contributed by atoms with Crippen LogP contribution in [0.1, 0.15) is 33.2 Å². The largest absolute Gasteiger partial charge is 0.495 e. The van der Waals surface area contributed by atoms with E-state index < -0.39 is 33.9 Å². The standard InChI is InChI=1S/C25H25N3O7S/c1-16-9-12-20(13-10-16)28-36(32,33)22-15-19(11-14-21(22)34-3)25(31)35-17(2)23(29)26-27-24(30)18-7-5-4-6-8-18/h4-15,17,28H,1-3H3,(H,26,29)(H,27,30). The zero-order chi connectivity index (χ0) is 26.3. The molecule has 36 heavy (non-hydrogen) atoms. The lowest BCUT2D eigenvalue weighted by Gasteiger charge is -2.16. The van der Waals surface area contributed by atoms with Gasteiger partial charge in [0.1, 0.15) is 10.6 Å². The minimum absolute atomic E-state index is 0.0144. The predicted molar refractivity (Wildman–Crippen MR) is 132 cm³/mol. The molecule has 3 aromatic rings. The molecule has 0 aliphatic heterocycles. The van der Waals surface area contributed by atoms with Crippen LogP contribution in [0.2, 0.25) is 0 Å². The molecule has 2 amide bonds. The quantitative estimate of drug-likeness (QED) is 0.312. The highest BCUT2D eigenvalue weighted by molar-refractivity contribution is 7.92. The van der Waals surface area contributed by atoms with Gasteiger partial charge in [0.25, 0.3) is 21.8 Å². The molecular weight excluding hydrogens is 486 g/mol. The van der Waals surface area contributed by atoms with Gasteiger partial charge in [-0.1, -0.05) is 35.9 Å². The summed E-state index contributed by atoms with van der Waals surface area (Å²) in [4.78, 5) is 36.7. The average Bonchev–Trinajstić information content (AvgIpc) is 2.88. The molecule has 0 saturated carbocycles. The second kappa shape index (κ2) is 11.4. The number of esters is 1. The van der Waals surface area contributed by atoms with Crippen molar-refractivity contribution in [1.82, 2.24) is 10.9 Å². The summed E-state index contributed by atoms with van der Waals surface area (Å²) in [5, 5.41) is 0.